The number of nitrogens with two attached hydrogens (primary N) is 1. The molecule has 3 N–H and O–H groups in total. The van der Waals surface area contributed by atoms with Crippen LogP contribution in [0.2, 0.25) is 0 Å². The highest BCUT2D eigenvalue weighted by Crippen LogP contribution is 2.33. The van der Waals surface area contributed by atoms with Gasteiger partial charge in [0.05, 0.1) is 11.5 Å². The Balaban J connectivity index is 1.95. The largest absolute Gasteiger partial charge is 0.416 e. The zero-order chi connectivity index (χ0) is 18.8. The lowest BCUT2D eigenvalue weighted by molar-refractivity contribution is -0.144. The third-order valence-corrected chi connectivity index (χ3v) is 4.67. The summed E-state index contributed by atoms with van der Waals surface area (Å²) in [6.45, 7) is 2.28. The molecule has 2 amide bonds. The third kappa shape index (κ3) is 4.50. The average molecular weight is 358 g/mol. The first kappa shape index (κ1) is 19.2. The van der Waals surface area contributed by atoms with Crippen molar-refractivity contribution >= 4 is 11.8 Å². The van der Waals surface area contributed by atoms with Gasteiger partial charge in [-0.25, -0.2) is 0 Å². The molecule has 1 aliphatic heterocycles. The molecule has 0 unspecified atom stereocenters. The van der Waals surface area contributed by atoms with Gasteiger partial charge in [-0.15, -0.1) is 0 Å². The lowest BCUT2D eigenvalue weighted by Gasteiger charge is -2.34. The Labute approximate surface area is 143 Å². The monoisotopic (exact) mass is 358 g/mol. The minimum Gasteiger partial charge on any atom is -0.382 e. The molecule has 1 fully saturated rings. The lowest BCUT2D eigenvalue weighted by atomic mass is 9.88. The van der Waals surface area contributed by atoms with Crippen molar-refractivity contribution in [3.05, 3.63) is 35.4 Å². The fourth-order valence-corrected chi connectivity index (χ4v) is 3.05. The first-order valence-electron chi connectivity index (χ1n) is 8.04. The van der Waals surface area contributed by atoms with Gasteiger partial charge in [-0.3, -0.25) is 9.59 Å². The van der Waals surface area contributed by atoms with Gasteiger partial charge in [0.25, 0.3) is 0 Å². The second-order valence-corrected chi connectivity index (χ2v) is 6.36. The van der Waals surface area contributed by atoms with Gasteiger partial charge in [0.2, 0.25) is 11.8 Å². The second-order valence-electron chi connectivity index (χ2n) is 6.36. The van der Waals surface area contributed by atoms with E-state index in [4.69, 9.17) is 5.73 Å². The van der Waals surface area contributed by atoms with Crippen molar-refractivity contribution in [2.45, 2.75) is 38.0 Å². The minimum atomic E-state index is -4.36. The average Bonchev–Trinajstić information content (AvgIpc) is 2.59. The van der Waals surface area contributed by atoms with Crippen molar-refractivity contribution in [1.29, 1.82) is 0 Å². The molecule has 0 radical (unpaired) electrons. The number of aliphatic hydroxyl groups is 1. The number of likely N-dealkylation sites (tertiary alicyclic amines) is 1. The topological polar surface area (TPSA) is 83.6 Å². The van der Waals surface area contributed by atoms with Crippen molar-refractivity contribution < 1.29 is 27.9 Å². The molecule has 0 saturated carbocycles. The van der Waals surface area contributed by atoms with Crippen LogP contribution < -0.4 is 5.73 Å². The van der Waals surface area contributed by atoms with Crippen LogP contribution in [0.1, 0.15) is 36.8 Å². The Morgan fingerprint density at radius 3 is 2.16 bits per heavy atom. The number of primary amides is 1. The summed E-state index contributed by atoms with van der Waals surface area (Å²) in [4.78, 5) is 24.8. The van der Waals surface area contributed by atoms with Gasteiger partial charge < -0.3 is 15.7 Å². The van der Waals surface area contributed by atoms with Crippen molar-refractivity contribution in [1.82, 2.24) is 4.90 Å². The molecule has 0 bridgehead atoms. The molecule has 1 aromatic rings. The van der Waals surface area contributed by atoms with Crippen LogP contribution in [0.5, 0.6) is 0 Å². The van der Waals surface area contributed by atoms with Crippen LogP contribution in [0.3, 0.4) is 0 Å². The molecule has 0 spiro atoms. The van der Waals surface area contributed by atoms with E-state index >= 15 is 0 Å². The summed E-state index contributed by atoms with van der Waals surface area (Å²) in [6.07, 6.45) is -4.67. The van der Waals surface area contributed by atoms with Crippen LogP contribution in [-0.2, 0) is 15.8 Å². The van der Waals surface area contributed by atoms with Gasteiger partial charge >= 0.3 is 6.18 Å². The number of benzene rings is 1. The molecule has 1 heterocycles. The van der Waals surface area contributed by atoms with E-state index in [2.05, 4.69) is 0 Å². The highest BCUT2D eigenvalue weighted by atomic mass is 19.4. The van der Waals surface area contributed by atoms with E-state index in [1.54, 1.807) is 4.90 Å². The first-order chi connectivity index (χ1) is 11.6. The zero-order valence-corrected chi connectivity index (χ0v) is 13.8. The molecular weight excluding hydrogens is 337 g/mol. The summed E-state index contributed by atoms with van der Waals surface area (Å²) in [6, 6.07) is 5.09. The first-order valence-corrected chi connectivity index (χ1v) is 8.04. The lowest BCUT2D eigenvalue weighted by Crippen LogP contribution is -2.46. The van der Waals surface area contributed by atoms with Gasteiger partial charge in [-0.05, 0) is 36.5 Å². The van der Waals surface area contributed by atoms with Crippen LogP contribution in [0, 0.1) is 5.92 Å². The molecule has 5 nitrogen and oxygen atoms in total. The number of nitrogens with zero attached hydrogens (tertiary/aromatic N) is 1. The number of rotatable bonds is 4. The summed E-state index contributed by atoms with van der Waals surface area (Å²) < 4.78 is 37.8. The van der Waals surface area contributed by atoms with Crippen molar-refractivity contribution in [2.75, 3.05) is 13.1 Å². The predicted molar refractivity (Wildman–Crippen MR) is 84.4 cm³/mol. The normalized spacial score (nSPS) is 18.7. The maximum absolute atomic E-state index is 12.6. The molecule has 138 valence electrons. The number of aliphatic hydroxyl groups excluding tert-OH is 1. The van der Waals surface area contributed by atoms with Gasteiger partial charge in [0, 0.05) is 13.1 Å². The Bertz CT molecular complexity index is 623. The summed E-state index contributed by atoms with van der Waals surface area (Å²) in [5.74, 6) is -2.14. The van der Waals surface area contributed by atoms with Gasteiger partial charge in [-0.2, -0.15) is 13.2 Å². The number of carbonyl (C=O) groups excluding carboxylic acids is 2. The quantitative estimate of drug-likeness (QED) is 0.862. The molecule has 8 heteroatoms. The van der Waals surface area contributed by atoms with E-state index in [1.807, 2.05) is 0 Å². The molecule has 1 saturated heterocycles. The highest BCUT2D eigenvalue weighted by Gasteiger charge is 2.33. The summed E-state index contributed by atoms with van der Waals surface area (Å²) in [5, 5.41) is 9.60. The molecule has 0 aromatic heterocycles. The zero-order valence-electron chi connectivity index (χ0n) is 13.8. The number of alkyl halides is 3. The maximum atomic E-state index is 12.6. The molecule has 0 aliphatic carbocycles. The maximum Gasteiger partial charge on any atom is 0.416 e. The van der Waals surface area contributed by atoms with E-state index in [0.717, 1.165) is 17.7 Å². The standard InChI is InChI=1S/C17H21F3N2O3/c1-10(14(23)15(21)24)16(25)22-8-6-12(7-9-22)11-2-4-13(5-3-11)17(18,19)20/h2-5,10,12,14,23H,6-9H2,1H3,(H2,21,24)/t10-,14-/m1/s1. The summed E-state index contributed by atoms with van der Waals surface area (Å²) in [7, 11) is 0. The third-order valence-electron chi connectivity index (χ3n) is 4.67. The van der Waals surface area contributed by atoms with E-state index in [1.165, 1.54) is 19.1 Å². The van der Waals surface area contributed by atoms with E-state index < -0.39 is 29.7 Å². The number of halogens is 3. The second kappa shape index (κ2) is 7.43. The fraction of sp³-hybridized carbons (Fsp3) is 0.529. The SMILES string of the molecule is C[C@@H](C(=O)N1CCC(c2ccc(C(F)(F)F)cc2)CC1)[C@@H](O)C(N)=O. The van der Waals surface area contributed by atoms with Crippen molar-refractivity contribution in [3.8, 4) is 0 Å². The molecular formula is C17H21F3N2O3. The predicted octanol–water partition coefficient (Wildman–Crippen LogP) is 1.89. The van der Waals surface area contributed by atoms with Crippen LogP contribution in [-0.4, -0.2) is 41.0 Å². The van der Waals surface area contributed by atoms with Gasteiger partial charge in [0.1, 0.15) is 6.10 Å². The summed E-state index contributed by atoms with van der Waals surface area (Å²) in [5.41, 5.74) is 5.13. The minimum absolute atomic E-state index is 0.0719. The van der Waals surface area contributed by atoms with Crippen molar-refractivity contribution in [3.63, 3.8) is 0 Å². The number of hydrogen-bond acceptors (Lipinski definition) is 3. The van der Waals surface area contributed by atoms with Crippen LogP contribution >= 0.6 is 0 Å². The Morgan fingerprint density at radius 2 is 1.72 bits per heavy atom. The van der Waals surface area contributed by atoms with E-state index in [9.17, 15) is 27.9 Å². The Kier molecular flexibility index (Phi) is 5.72. The Morgan fingerprint density at radius 1 is 1.20 bits per heavy atom. The Hall–Kier alpha value is -2.09. The number of carbonyl (C=O) groups is 2. The number of amides is 2. The van der Waals surface area contributed by atoms with Crippen LogP contribution in [0.25, 0.3) is 0 Å². The van der Waals surface area contributed by atoms with Crippen LogP contribution in [0.15, 0.2) is 24.3 Å². The molecule has 2 atom stereocenters. The molecule has 2 rings (SSSR count). The van der Waals surface area contributed by atoms with Crippen LogP contribution in [0.4, 0.5) is 13.2 Å². The fourth-order valence-electron chi connectivity index (χ4n) is 3.05. The highest BCUT2D eigenvalue weighted by molar-refractivity contribution is 5.88. The molecule has 1 aromatic carbocycles. The van der Waals surface area contributed by atoms with E-state index in [0.29, 0.717) is 25.9 Å². The van der Waals surface area contributed by atoms with Gasteiger partial charge in [-0.1, -0.05) is 19.1 Å². The number of hydrogen-bond donors (Lipinski definition) is 2. The summed E-state index contributed by atoms with van der Waals surface area (Å²) >= 11 is 0. The van der Waals surface area contributed by atoms with Gasteiger partial charge in [0.15, 0.2) is 0 Å². The number of piperidine rings is 1. The van der Waals surface area contributed by atoms with E-state index in [-0.39, 0.29) is 11.8 Å². The smallest absolute Gasteiger partial charge is 0.382 e. The molecule has 25 heavy (non-hydrogen) atoms. The molecule has 1 aliphatic rings. The van der Waals surface area contributed by atoms with Crippen molar-refractivity contribution in [2.24, 2.45) is 11.7 Å².